The quantitative estimate of drug-likeness (QED) is 0.384. The largest absolute Gasteiger partial charge is 0.489 e. The summed E-state index contributed by atoms with van der Waals surface area (Å²) in [7, 11) is 0. The van der Waals surface area contributed by atoms with Gasteiger partial charge < -0.3 is 14.8 Å². The predicted molar refractivity (Wildman–Crippen MR) is 147 cm³/mol. The van der Waals surface area contributed by atoms with Gasteiger partial charge in [-0.05, 0) is 68.5 Å². The fourth-order valence-electron chi connectivity index (χ4n) is 4.25. The highest BCUT2D eigenvalue weighted by molar-refractivity contribution is 6.32. The molecule has 2 aromatic carbocycles. The van der Waals surface area contributed by atoms with Crippen molar-refractivity contribution >= 4 is 40.6 Å². The first-order chi connectivity index (χ1) is 18.2. The number of nitrogens with zero attached hydrogens (tertiary/aromatic N) is 3. The Kier molecular flexibility index (Phi) is 9.25. The third kappa shape index (κ3) is 7.24. The number of rotatable bonds is 10. The van der Waals surface area contributed by atoms with Crippen LogP contribution >= 0.6 is 23.2 Å². The highest BCUT2D eigenvalue weighted by Gasteiger charge is 2.21. The number of hydrogen-bond donors (Lipinski definition) is 1. The van der Waals surface area contributed by atoms with Crippen LogP contribution in [0.2, 0.25) is 10.0 Å². The van der Waals surface area contributed by atoms with Gasteiger partial charge in [-0.15, -0.1) is 0 Å². The molecule has 11 heteroatoms. The lowest BCUT2D eigenvalue weighted by molar-refractivity contribution is -0.121. The molecule has 1 N–H and O–H groups in total. The van der Waals surface area contributed by atoms with Crippen molar-refractivity contribution in [1.82, 2.24) is 14.1 Å². The van der Waals surface area contributed by atoms with Crippen molar-refractivity contribution in [2.45, 2.75) is 52.3 Å². The van der Waals surface area contributed by atoms with Gasteiger partial charge in [0.05, 0.1) is 24.2 Å². The van der Waals surface area contributed by atoms with Crippen LogP contribution in [0.4, 0.5) is 11.6 Å². The summed E-state index contributed by atoms with van der Waals surface area (Å²) in [6.45, 7) is 4.78. The monoisotopic (exact) mass is 560 g/mol. The van der Waals surface area contributed by atoms with Crippen LogP contribution in [0, 0.1) is 5.92 Å². The molecular formula is C27H30Cl2N4O5. The minimum absolute atomic E-state index is 0.0247. The van der Waals surface area contributed by atoms with Gasteiger partial charge in [0.2, 0.25) is 5.95 Å². The van der Waals surface area contributed by atoms with Gasteiger partial charge in [-0.3, -0.25) is 9.36 Å². The first kappa shape index (κ1) is 27.9. The number of Topliss-reactive ketones (excluding diaryl/α,β-unsaturated/α-hetero) is 1. The predicted octanol–water partition coefficient (Wildman–Crippen LogP) is 4.68. The zero-order valence-corrected chi connectivity index (χ0v) is 22.8. The Bertz CT molecular complexity index is 1400. The van der Waals surface area contributed by atoms with E-state index in [-0.39, 0.29) is 43.3 Å². The highest BCUT2D eigenvalue weighted by Crippen LogP contribution is 2.29. The lowest BCUT2D eigenvalue weighted by Gasteiger charge is -2.21. The minimum Gasteiger partial charge on any atom is -0.489 e. The first-order valence-electron chi connectivity index (χ1n) is 12.5. The van der Waals surface area contributed by atoms with Gasteiger partial charge in [-0.1, -0.05) is 35.3 Å². The molecule has 38 heavy (non-hydrogen) atoms. The lowest BCUT2D eigenvalue weighted by Crippen LogP contribution is -2.44. The van der Waals surface area contributed by atoms with E-state index in [9.17, 15) is 14.4 Å². The second kappa shape index (κ2) is 12.6. The summed E-state index contributed by atoms with van der Waals surface area (Å²) in [5.41, 5.74) is -0.181. The van der Waals surface area contributed by atoms with Crippen molar-refractivity contribution in [1.29, 1.82) is 0 Å². The van der Waals surface area contributed by atoms with Crippen LogP contribution in [0.15, 0.2) is 52.1 Å². The third-order valence-corrected chi connectivity index (χ3v) is 6.69. The number of anilines is 2. The Morgan fingerprint density at radius 2 is 1.82 bits per heavy atom. The van der Waals surface area contributed by atoms with Crippen molar-refractivity contribution in [2.75, 3.05) is 18.5 Å². The maximum atomic E-state index is 13.5. The molecule has 1 aliphatic rings. The van der Waals surface area contributed by atoms with E-state index in [0.717, 1.165) is 23.0 Å². The maximum absolute atomic E-state index is 13.5. The molecule has 0 saturated carbocycles. The topological polar surface area (TPSA) is 104 Å². The Morgan fingerprint density at radius 3 is 2.47 bits per heavy atom. The van der Waals surface area contributed by atoms with E-state index in [2.05, 4.69) is 10.3 Å². The fourth-order valence-corrected chi connectivity index (χ4v) is 4.60. The number of halogens is 2. The average Bonchev–Trinajstić information content (AvgIpc) is 2.87. The van der Waals surface area contributed by atoms with Crippen molar-refractivity contribution in [3.8, 4) is 5.75 Å². The molecule has 0 amide bonds. The second-order valence-corrected chi connectivity index (χ2v) is 10.4. The molecule has 0 aliphatic carbocycles. The van der Waals surface area contributed by atoms with Gasteiger partial charge in [0.1, 0.15) is 5.75 Å². The number of carbonyl (C=O) groups excluding carboxylic acids is 1. The van der Waals surface area contributed by atoms with E-state index in [1.807, 2.05) is 13.8 Å². The number of carbonyl (C=O) groups is 1. The molecule has 0 spiro atoms. The highest BCUT2D eigenvalue weighted by atomic mass is 35.5. The molecule has 0 bridgehead atoms. The summed E-state index contributed by atoms with van der Waals surface area (Å²) < 4.78 is 13.2. The normalized spacial score (nSPS) is 14.0. The zero-order chi connectivity index (χ0) is 27.2. The van der Waals surface area contributed by atoms with Crippen LogP contribution < -0.4 is 21.4 Å². The molecule has 1 saturated heterocycles. The zero-order valence-electron chi connectivity index (χ0n) is 21.3. The van der Waals surface area contributed by atoms with E-state index >= 15 is 0 Å². The second-order valence-electron chi connectivity index (χ2n) is 9.53. The molecule has 1 aromatic heterocycles. The Labute approximate surface area is 230 Å². The van der Waals surface area contributed by atoms with Gasteiger partial charge in [0.15, 0.2) is 5.78 Å². The van der Waals surface area contributed by atoms with Crippen LogP contribution in [-0.2, 0) is 22.6 Å². The molecular weight excluding hydrogens is 531 g/mol. The summed E-state index contributed by atoms with van der Waals surface area (Å²) in [6.07, 6.45) is 1.80. The maximum Gasteiger partial charge on any atom is 0.355 e. The van der Waals surface area contributed by atoms with Crippen molar-refractivity contribution in [2.24, 2.45) is 5.92 Å². The van der Waals surface area contributed by atoms with E-state index in [1.54, 1.807) is 42.5 Å². The number of benzene rings is 2. The van der Waals surface area contributed by atoms with Crippen LogP contribution in [0.3, 0.4) is 0 Å². The third-order valence-electron chi connectivity index (χ3n) is 6.15. The minimum atomic E-state index is -0.809. The Balaban J connectivity index is 1.66. The van der Waals surface area contributed by atoms with E-state index < -0.39 is 11.4 Å². The van der Waals surface area contributed by atoms with Crippen LogP contribution in [0.5, 0.6) is 5.75 Å². The summed E-state index contributed by atoms with van der Waals surface area (Å²) >= 11 is 12.4. The van der Waals surface area contributed by atoms with Gasteiger partial charge in [-0.2, -0.15) is 4.98 Å². The van der Waals surface area contributed by atoms with Crippen LogP contribution in [-0.4, -0.2) is 39.2 Å². The summed E-state index contributed by atoms with van der Waals surface area (Å²) in [6, 6.07) is 12.0. The molecule has 4 rings (SSSR count). The number of nitrogens with one attached hydrogen (secondary N) is 1. The Morgan fingerprint density at radius 1 is 1.11 bits per heavy atom. The molecule has 0 radical (unpaired) electrons. The standard InChI is InChI=1S/C27H30Cl2N4O5/c1-17(2)38-24-8-7-21(14-23(24)29)30-25-31-26(35)33(16-22(34)13-18-9-11-37-12-10-18)27(36)32(25)15-19-3-5-20(28)6-4-19/h3-8,14,17-18H,9-13,15-16H2,1-2H3,(H,30,31,35). The summed E-state index contributed by atoms with van der Waals surface area (Å²) in [5, 5.41) is 3.95. The summed E-state index contributed by atoms with van der Waals surface area (Å²) in [5.74, 6) is 0.530. The Hall–Kier alpha value is -3.14. The molecule has 3 aromatic rings. The number of aromatic nitrogens is 3. The lowest BCUT2D eigenvalue weighted by atomic mass is 9.94. The van der Waals surface area contributed by atoms with Gasteiger partial charge >= 0.3 is 11.4 Å². The van der Waals surface area contributed by atoms with E-state index in [1.165, 1.54) is 4.57 Å². The number of ketones is 1. The smallest absolute Gasteiger partial charge is 0.355 e. The number of ether oxygens (including phenoxy) is 2. The molecule has 0 atom stereocenters. The molecule has 9 nitrogen and oxygen atoms in total. The first-order valence-corrected chi connectivity index (χ1v) is 13.2. The fraction of sp³-hybridized carbons (Fsp3) is 0.407. The SMILES string of the molecule is CC(C)Oc1ccc(Nc2nc(=O)n(CC(=O)CC3CCOCC3)c(=O)n2Cc2ccc(Cl)cc2)cc1Cl. The molecule has 0 unspecified atom stereocenters. The average molecular weight is 561 g/mol. The van der Waals surface area contributed by atoms with Crippen LogP contribution in [0.1, 0.15) is 38.7 Å². The molecule has 2 heterocycles. The van der Waals surface area contributed by atoms with Gasteiger partial charge in [0, 0.05) is 30.3 Å². The molecule has 1 aliphatic heterocycles. The number of hydrogen-bond acceptors (Lipinski definition) is 7. The van der Waals surface area contributed by atoms with Crippen molar-refractivity contribution in [3.05, 3.63) is 79.0 Å². The van der Waals surface area contributed by atoms with Crippen molar-refractivity contribution < 1.29 is 14.3 Å². The van der Waals surface area contributed by atoms with E-state index in [0.29, 0.717) is 34.7 Å². The van der Waals surface area contributed by atoms with Crippen LogP contribution in [0.25, 0.3) is 0 Å². The van der Waals surface area contributed by atoms with E-state index in [4.69, 9.17) is 32.7 Å². The molecule has 1 fully saturated rings. The van der Waals surface area contributed by atoms with Gasteiger partial charge in [-0.25, -0.2) is 14.2 Å². The summed E-state index contributed by atoms with van der Waals surface area (Å²) in [4.78, 5) is 43.4. The van der Waals surface area contributed by atoms with Gasteiger partial charge in [0.25, 0.3) is 0 Å². The van der Waals surface area contributed by atoms with Crippen molar-refractivity contribution in [3.63, 3.8) is 0 Å². The molecule has 202 valence electrons.